The molecule has 6 nitrogen and oxygen atoms in total. The van der Waals surface area contributed by atoms with Gasteiger partial charge in [0.2, 0.25) is 0 Å². The fraction of sp³-hybridized carbons (Fsp3) is 0.714. The standard InChI is InChI=1S/C14H21N3O3S/c18-13-7-17(5-10-1-3-20-4-2-10)6-11(13)16-14(19)12-8-21-9-15-12/h8-11,13,18H,1-7H2,(H,16,19)/t11-,13-/m1/s1. The Morgan fingerprint density at radius 1 is 1.48 bits per heavy atom. The molecule has 0 saturated carbocycles. The zero-order valence-corrected chi connectivity index (χ0v) is 12.7. The summed E-state index contributed by atoms with van der Waals surface area (Å²) < 4.78 is 5.37. The van der Waals surface area contributed by atoms with Gasteiger partial charge in [0.25, 0.3) is 5.91 Å². The topological polar surface area (TPSA) is 74.7 Å². The number of ether oxygens (including phenoxy) is 1. The Morgan fingerprint density at radius 2 is 2.29 bits per heavy atom. The molecular weight excluding hydrogens is 290 g/mol. The molecule has 0 aliphatic carbocycles. The molecule has 0 unspecified atom stereocenters. The van der Waals surface area contributed by atoms with Gasteiger partial charge in [-0.1, -0.05) is 0 Å². The molecule has 1 aromatic rings. The Labute approximate surface area is 128 Å². The molecule has 116 valence electrons. The van der Waals surface area contributed by atoms with Crippen LogP contribution in [0, 0.1) is 5.92 Å². The monoisotopic (exact) mass is 311 g/mol. The first-order valence-electron chi connectivity index (χ1n) is 7.39. The van der Waals surface area contributed by atoms with Crippen molar-refractivity contribution in [3.05, 3.63) is 16.6 Å². The van der Waals surface area contributed by atoms with Gasteiger partial charge in [-0.15, -0.1) is 11.3 Å². The lowest BCUT2D eigenvalue weighted by Gasteiger charge is -2.26. The number of nitrogens with zero attached hydrogens (tertiary/aromatic N) is 2. The molecule has 0 radical (unpaired) electrons. The van der Waals surface area contributed by atoms with E-state index >= 15 is 0 Å². The first-order valence-corrected chi connectivity index (χ1v) is 8.34. The first kappa shape index (κ1) is 14.9. The van der Waals surface area contributed by atoms with Gasteiger partial charge in [0.1, 0.15) is 5.69 Å². The van der Waals surface area contributed by atoms with Gasteiger partial charge in [-0.25, -0.2) is 4.98 Å². The average Bonchev–Trinajstić information content (AvgIpc) is 3.11. The van der Waals surface area contributed by atoms with E-state index in [9.17, 15) is 9.90 Å². The minimum Gasteiger partial charge on any atom is -0.390 e. The lowest BCUT2D eigenvalue weighted by molar-refractivity contribution is 0.0538. The van der Waals surface area contributed by atoms with Crippen LogP contribution in [0.1, 0.15) is 23.3 Å². The number of rotatable bonds is 4. The minimum absolute atomic E-state index is 0.201. The molecule has 21 heavy (non-hydrogen) atoms. The lowest BCUT2D eigenvalue weighted by Crippen LogP contribution is -2.43. The van der Waals surface area contributed by atoms with Gasteiger partial charge in [0.15, 0.2) is 0 Å². The summed E-state index contributed by atoms with van der Waals surface area (Å²) in [5.74, 6) is 0.437. The SMILES string of the molecule is O=C(N[C@@H]1CN(CC2CCOCC2)C[C@H]1O)c1cscn1. The predicted octanol–water partition coefficient (Wildman–Crippen LogP) is 0.345. The van der Waals surface area contributed by atoms with Crippen LogP contribution in [0.4, 0.5) is 0 Å². The number of thiazole rings is 1. The third-order valence-corrected chi connectivity index (χ3v) is 4.79. The largest absolute Gasteiger partial charge is 0.390 e. The molecular formula is C14H21N3O3S. The summed E-state index contributed by atoms with van der Waals surface area (Å²) in [7, 11) is 0. The molecule has 0 spiro atoms. The van der Waals surface area contributed by atoms with Gasteiger partial charge in [0, 0.05) is 38.2 Å². The summed E-state index contributed by atoms with van der Waals surface area (Å²) in [5.41, 5.74) is 2.06. The zero-order chi connectivity index (χ0) is 14.7. The number of aromatic nitrogens is 1. The number of likely N-dealkylation sites (tertiary alicyclic amines) is 1. The molecule has 2 fully saturated rings. The summed E-state index contributed by atoms with van der Waals surface area (Å²) in [6.45, 7) is 3.98. The van der Waals surface area contributed by atoms with Gasteiger partial charge < -0.3 is 15.2 Å². The summed E-state index contributed by atoms with van der Waals surface area (Å²) in [6, 6.07) is -0.209. The third-order valence-electron chi connectivity index (χ3n) is 4.20. The van der Waals surface area contributed by atoms with Gasteiger partial charge in [-0.2, -0.15) is 0 Å². The van der Waals surface area contributed by atoms with E-state index in [1.165, 1.54) is 11.3 Å². The third kappa shape index (κ3) is 3.79. The highest BCUT2D eigenvalue weighted by Crippen LogP contribution is 2.19. The summed E-state index contributed by atoms with van der Waals surface area (Å²) in [4.78, 5) is 18.2. The number of hydrogen-bond donors (Lipinski definition) is 2. The van der Waals surface area contributed by atoms with Crippen molar-refractivity contribution in [3.8, 4) is 0 Å². The van der Waals surface area contributed by atoms with Crippen LogP contribution in [0.3, 0.4) is 0 Å². The van der Waals surface area contributed by atoms with Crippen LogP contribution >= 0.6 is 11.3 Å². The molecule has 7 heteroatoms. The normalized spacial score (nSPS) is 27.9. The number of aliphatic hydroxyl groups is 1. The van der Waals surface area contributed by atoms with Crippen LogP contribution in [-0.4, -0.2) is 65.9 Å². The second-order valence-electron chi connectivity index (χ2n) is 5.80. The van der Waals surface area contributed by atoms with Gasteiger partial charge in [-0.05, 0) is 18.8 Å². The van der Waals surface area contributed by atoms with Crippen molar-refractivity contribution < 1.29 is 14.6 Å². The number of carbonyl (C=O) groups is 1. The van der Waals surface area contributed by atoms with E-state index in [4.69, 9.17) is 4.74 Å². The Bertz CT molecular complexity index is 462. The molecule has 2 aliphatic heterocycles. The summed E-state index contributed by atoms with van der Waals surface area (Å²) in [6.07, 6.45) is 1.66. The van der Waals surface area contributed by atoms with Crippen LogP contribution in [0.5, 0.6) is 0 Å². The van der Waals surface area contributed by atoms with E-state index in [0.29, 0.717) is 24.7 Å². The summed E-state index contributed by atoms with van der Waals surface area (Å²) >= 11 is 1.39. The number of carbonyl (C=O) groups excluding carboxylic acids is 1. The number of hydrogen-bond acceptors (Lipinski definition) is 6. The van der Waals surface area contributed by atoms with E-state index in [-0.39, 0.29) is 11.9 Å². The van der Waals surface area contributed by atoms with Crippen molar-refractivity contribution >= 4 is 17.2 Å². The molecule has 2 N–H and O–H groups in total. The highest BCUT2D eigenvalue weighted by Gasteiger charge is 2.34. The molecule has 2 aliphatic rings. The van der Waals surface area contributed by atoms with Crippen LogP contribution in [0.2, 0.25) is 0 Å². The molecule has 1 aromatic heterocycles. The van der Waals surface area contributed by atoms with E-state index in [1.807, 2.05) is 0 Å². The van der Waals surface area contributed by atoms with E-state index in [1.54, 1.807) is 10.9 Å². The number of amides is 1. The van der Waals surface area contributed by atoms with Crippen molar-refractivity contribution in [2.45, 2.75) is 25.0 Å². The number of nitrogens with one attached hydrogen (secondary N) is 1. The van der Waals surface area contributed by atoms with E-state index in [0.717, 1.165) is 32.6 Å². The molecule has 2 saturated heterocycles. The van der Waals surface area contributed by atoms with Crippen molar-refractivity contribution in [2.24, 2.45) is 5.92 Å². The molecule has 3 heterocycles. The Kier molecular flexibility index (Phi) is 4.84. The van der Waals surface area contributed by atoms with Crippen LogP contribution in [0.15, 0.2) is 10.9 Å². The van der Waals surface area contributed by atoms with Crippen molar-refractivity contribution in [1.29, 1.82) is 0 Å². The second-order valence-corrected chi connectivity index (χ2v) is 6.51. The fourth-order valence-electron chi connectivity index (χ4n) is 3.02. The Morgan fingerprint density at radius 3 is 3.00 bits per heavy atom. The maximum absolute atomic E-state index is 12.0. The minimum atomic E-state index is -0.507. The molecule has 2 atom stereocenters. The van der Waals surface area contributed by atoms with Crippen LogP contribution in [-0.2, 0) is 4.74 Å². The maximum atomic E-state index is 12.0. The van der Waals surface area contributed by atoms with Crippen molar-refractivity contribution in [3.63, 3.8) is 0 Å². The van der Waals surface area contributed by atoms with Crippen molar-refractivity contribution in [2.75, 3.05) is 32.8 Å². The van der Waals surface area contributed by atoms with Crippen LogP contribution < -0.4 is 5.32 Å². The molecule has 1 amide bonds. The number of β-amino-alcohol motifs (C(OH)–C–C–N with tert-alkyl or cyclic N) is 1. The van der Waals surface area contributed by atoms with Gasteiger partial charge in [-0.3, -0.25) is 9.69 Å². The van der Waals surface area contributed by atoms with Crippen LogP contribution in [0.25, 0.3) is 0 Å². The number of aliphatic hydroxyl groups excluding tert-OH is 1. The molecule has 0 aromatic carbocycles. The Balaban J connectivity index is 1.50. The fourth-order valence-corrected chi connectivity index (χ4v) is 3.55. The Hall–Kier alpha value is -1.02. The van der Waals surface area contributed by atoms with Crippen molar-refractivity contribution in [1.82, 2.24) is 15.2 Å². The van der Waals surface area contributed by atoms with Gasteiger partial charge in [0.05, 0.1) is 17.7 Å². The molecule has 3 rings (SSSR count). The van der Waals surface area contributed by atoms with Gasteiger partial charge >= 0.3 is 0 Å². The molecule has 0 bridgehead atoms. The second kappa shape index (κ2) is 6.83. The van der Waals surface area contributed by atoms with E-state index < -0.39 is 6.10 Å². The highest BCUT2D eigenvalue weighted by atomic mass is 32.1. The summed E-state index contributed by atoms with van der Waals surface area (Å²) in [5, 5.41) is 14.7. The smallest absolute Gasteiger partial charge is 0.271 e. The zero-order valence-electron chi connectivity index (χ0n) is 11.9. The van der Waals surface area contributed by atoms with E-state index in [2.05, 4.69) is 15.2 Å². The predicted molar refractivity (Wildman–Crippen MR) is 79.4 cm³/mol. The highest BCUT2D eigenvalue weighted by molar-refractivity contribution is 7.07. The average molecular weight is 311 g/mol. The quantitative estimate of drug-likeness (QED) is 0.839. The maximum Gasteiger partial charge on any atom is 0.271 e. The first-order chi connectivity index (χ1) is 10.2. The lowest BCUT2D eigenvalue weighted by atomic mass is 10.00.